The molecule has 20 heavy (non-hydrogen) atoms. The van der Waals surface area contributed by atoms with E-state index in [1.807, 2.05) is 28.7 Å². The number of aromatic nitrogens is 2. The third-order valence-corrected chi connectivity index (χ3v) is 3.11. The fourth-order valence-electron chi connectivity index (χ4n) is 1.67. The van der Waals surface area contributed by atoms with Gasteiger partial charge in [-0.1, -0.05) is 0 Å². The van der Waals surface area contributed by atoms with E-state index in [-0.39, 0.29) is 28.6 Å². The van der Waals surface area contributed by atoms with E-state index in [1.54, 1.807) is 6.07 Å². The van der Waals surface area contributed by atoms with Gasteiger partial charge in [0.1, 0.15) is 17.5 Å². The fourth-order valence-corrected chi connectivity index (χ4v) is 2.34. The summed E-state index contributed by atoms with van der Waals surface area (Å²) in [5.41, 5.74) is 12.0. The number of anilines is 2. The molecule has 1 heterocycles. The van der Waals surface area contributed by atoms with Gasteiger partial charge in [-0.3, -0.25) is 0 Å². The Hall–Kier alpha value is -2.41. The van der Waals surface area contributed by atoms with Gasteiger partial charge >= 0.3 is 5.97 Å². The van der Waals surface area contributed by atoms with Gasteiger partial charge in [0.05, 0.1) is 11.3 Å². The van der Waals surface area contributed by atoms with Gasteiger partial charge in [-0.15, -0.1) is 0 Å². The lowest BCUT2D eigenvalue weighted by atomic mass is 10.0. The molecular formula is C12H8IN5O2. The lowest BCUT2D eigenvalue weighted by molar-refractivity contribution is 0.0697. The zero-order chi connectivity index (χ0) is 14.9. The first-order valence-electron chi connectivity index (χ1n) is 5.29. The van der Waals surface area contributed by atoms with E-state index in [4.69, 9.17) is 21.8 Å². The number of rotatable bonds is 2. The van der Waals surface area contributed by atoms with E-state index in [1.165, 1.54) is 12.1 Å². The van der Waals surface area contributed by atoms with E-state index in [2.05, 4.69) is 9.97 Å². The minimum absolute atomic E-state index is 0.0364. The Bertz CT molecular complexity index is 754. The zero-order valence-corrected chi connectivity index (χ0v) is 12.1. The molecule has 0 aliphatic rings. The molecule has 5 N–H and O–H groups in total. The molecule has 1 aromatic carbocycles. The summed E-state index contributed by atoms with van der Waals surface area (Å²) in [6.45, 7) is 0. The summed E-state index contributed by atoms with van der Waals surface area (Å²) in [6.07, 6.45) is 0. The third kappa shape index (κ3) is 2.62. The number of carboxylic acid groups (broad SMARTS) is 1. The maximum absolute atomic E-state index is 11.1. The van der Waals surface area contributed by atoms with Crippen LogP contribution in [0.2, 0.25) is 0 Å². The van der Waals surface area contributed by atoms with Gasteiger partial charge in [-0.2, -0.15) is 10.2 Å². The average Bonchev–Trinajstić information content (AvgIpc) is 2.37. The number of carbonyl (C=O) groups is 1. The van der Waals surface area contributed by atoms with Gasteiger partial charge in [0, 0.05) is 9.13 Å². The predicted octanol–water partition coefficient (Wildman–Crippen LogP) is 1.48. The van der Waals surface area contributed by atoms with Crippen LogP contribution in [0.4, 0.5) is 11.8 Å². The first kappa shape index (κ1) is 14.0. The Morgan fingerprint density at radius 2 is 2.00 bits per heavy atom. The van der Waals surface area contributed by atoms with Crippen LogP contribution >= 0.6 is 22.6 Å². The molecule has 2 rings (SSSR count). The highest BCUT2D eigenvalue weighted by molar-refractivity contribution is 14.1. The van der Waals surface area contributed by atoms with E-state index >= 15 is 0 Å². The van der Waals surface area contributed by atoms with Gasteiger partial charge in [0.25, 0.3) is 0 Å². The maximum Gasteiger partial charge on any atom is 0.335 e. The van der Waals surface area contributed by atoms with Crippen molar-refractivity contribution in [2.75, 3.05) is 11.5 Å². The van der Waals surface area contributed by atoms with E-state index in [9.17, 15) is 4.79 Å². The minimum Gasteiger partial charge on any atom is -0.478 e. The fraction of sp³-hybridized carbons (Fsp3) is 0. The van der Waals surface area contributed by atoms with Crippen molar-refractivity contribution in [3.8, 4) is 17.3 Å². The molecule has 1 aromatic heterocycles. The summed E-state index contributed by atoms with van der Waals surface area (Å²) in [5.74, 6) is -1.18. The van der Waals surface area contributed by atoms with Crippen molar-refractivity contribution in [2.24, 2.45) is 0 Å². The maximum atomic E-state index is 11.1. The number of nitrogens with two attached hydrogens (primary N) is 2. The van der Waals surface area contributed by atoms with Crippen LogP contribution in [0.3, 0.4) is 0 Å². The van der Waals surface area contributed by atoms with Gasteiger partial charge in [0.15, 0.2) is 0 Å². The van der Waals surface area contributed by atoms with Crippen LogP contribution in [-0.4, -0.2) is 21.0 Å². The second kappa shape index (κ2) is 5.30. The molecule has 2 aromatic rings. The third-order valence-electron chi connectivity index (χ3n) is 2.48. The highest BCUT2D eigenvalue weighted by atomic mass is 127. The van der Waals surface area contributed by atoms with Crippen LogP contribution in [0.5, 0.6) is 0 Å². The standard InChI is InChI=1S/C12H8IN5O2/c13-7-2-5(1-6(3-7)11(19)20)9-8(4-14)10(15)18-12(16)17-9/h1-3H,(H,19,20)(H4,15,16,17,18). The van der Waals surface area contributed by atoms with Crippen molar-refractivity contribution < 1.29 is 9.90 Å². The number of nitrogen functional groups attached to an aromatic ring is 2. The van der Waals surface area contributed by atoms with Gasteiger partial charge in [0.2, 0.25) is 5.95 Å². The zero-order valence-electron chi connectivity index (χ0n) is 9.96. The molecule has 0 saturated heterocycles. The Morgan fingerprint density at radius 3 is 2.60 bits per heavy atom. The monoisotopic (exact) mass is 381 g/mol. The van der Waals surface area contributed by atoms with Crippen molar-refractivity contribution in [1.82, 2.24) is 9.97 Å². The number of benzene rings is 1. The Balaban J connectivity index is 2.75. The van der Waals surface area contributed by atoms with E-state index in [0.29, 0.717) is 9.13 Å². The van der Waals surface area contributed by atoms with Crippen molar-refractivity contribution in [1.29, 1.82) is 5.26 Å². The lowest BCUT2D eigenvalue weighted by Crippen LogP contribution is -2.06. The van der Waals surface area contributed by atoms with Gasteiger partial charge in [-0.05, 0) is 40.8 Å². The molecule has 0 radical (unpaired) electrons. The largest absolute Gasteiger partial charge is 0.478 e. The van der Waals surface area contributed by atoms with Gasteiger partial charge in [-0.25, -0.2) is 9.78 Å². The highest BCUT2D eigenvalue weighted by Crippen LogP contribution is 2.27. The molecule has 8 heteroatoms. The normalized spacial score (nSPS) is 10.0. The quantitative estimate of drug-likeness (QED) is 0.670. The molecule has 0 fully saturated rings. The molecule has 0 aliphatic carbocycles. The van der Waals surface area contributed by atoms with Crippen molar-refractivity contribution in [3.63, 3.8) is 0 Å². The number of carboxylic acids is 1. The molecule has 0 bridgehead atoms. The Labute approximate surface area is 127 Å². The van der Waals surface area contributed by atoms with Crippen molar-refractivity contribution in [2.45, 2.75) is 0 Å². The molecule has 0 aliphatic heterocycles. The van der Waals surface area contributed by atoms with Crippen LogP contribution in [0.15, 0.2) is 18.2 Å². The number of hydrogen-bond acceptors (Lipinski definition) is 6. The Kier molecular flexibility index (Phi) is 3.71. The number of aromatic carboxylic acids is 1. The SMILES string of the molecule is N#Cc1c(N)nc(N)nc1-c1cc(I)cc(C(=O)O)c1. The molecule has 0 spiro atoms. The highest BCUT2D eigenvalue weighted by Gasteiger charge is 2.15. The number of hydrogen-bond donors (Lipinski definition) is 3. The van der Waals surface area contributed by atoms with Crippen LogP contribution in [0, 0.1) is 14.9 Å². The summed E-state index contributed by atoms with van der Waals surface area (Å²) in [6, 6.07) is 6.51. The first-order chi connectivity index (χ1) is 9.42. The summed E-state index contributed by atoms with van der Waals surface area (Å²) in [7, 11) is 0. The smallest absolute Gasteiger partial charge is 0.335 e. The second-order valence-corrected chi connectivity index (χ2v) is 5.08. The van der Waals surface area contributed by atoms with Crippen molar-refractivity contribution >= 4 is 40.3 Å². The topological polar surface area (TPSA) is 139 Å². The lowest BCUT2D eigenvalue weighted by Gasteiger charge is -2.08. The number of halogens is 1. The molecule has 0 atom stereocenters. The minimum atomic E-state index is -1.07. The van der Waals surface area contributed by atoms with Crippen LogP contribution in [-0.2, 0) is 0 Å². The summed E-state index contributed by atoms with van der Waals surface area (Å²) >= 11 is 1.98. The molecule has 0 amide bonds. The van der Waals surface area contributed by atoms with E-state index in [0.717, 1.165) is 0 Å². The average molecular weight is 381 g/mol. The second-order valence-electron chi connectivity index (χ2n) is 3.84. The number of nitrogens with zero attached hydrogens (tertiary/aromatic N) is 3. The number of nitriles is 1. The van der Waals surface area contributed by atoms with Crippen LogP contribution in [0.1, 0.15) is 15.9 Å². The van der Waals surface area contributed by atoms with Crippen LogP contribution < -0.4 is 11.5 Å². The molecule has 0 saturated carbocycles. The van der Waals surface area contributed by atoms with Gasteiger partial charge < -0.3 is 16.6 Å². The van der Waals surface area contributed by atoms with E-state index < -0.39 is 5.97 Å². The Morgan fingerprint density at radius 1 is 1.30 bits per heavy atom. The summed E-state index contributed by atoms with van der Waals surface area (Å²) in [4.78, 5) is 18.8. The molecule has 0 unspecified atom stereocenters. The molecule has 100 valence electrons. The summed E-state index contributed by atoms with van der Waals surface area (Å²) < 4.78 is 0.692. The first-order valence-corrected chi connectivity index (χ1v) is 6.37. The molecular weight excluding hydrogens is 373 g/mol. The molecule has 7 nitrogen and oxygen atoms in total. The van der Waals surface area contributed by atoms with Crippen molar-refractivity contribution in [3.05, 3.63) is 32.9 Å². The predicted molar refractivity (Wildman–Crippen MR) is 80.7 cm³/mol. The summed E-state index contributed by atoms with van der Waals surface area (Å²) in [5, 5.41) is 18.2. The van der Waals surface area contributed by atoms with Crippen LogP contribution in [0.25, 0.3) is 11.3 Å².